The number of aliphatic hydroxyl groups excluding tert-OH is 1. The van der Waals surface area contributed by atoms with E-state index in [0.29, 0.717) is 6.42 Å². The van der Waals surface area contributed by atoms with E-state index in [-0.39, 0.29) is 18.0 Å². The van der Waals surface area contributed by atoms with Crippen LogP contribution in [0.2, 0.25) is 0 Å². The summed E-state index contributed by atoms with van der Waals surface area (Å²) >= 11 is 0. The van der Waals surface area contributed by atoms with Gasteiger partial charge < -0.3 is 14.6 Å². The van der Waals surface area contributed by atoms with Crippen LogP contribution >= 0.6 is 0 Å². The van der Waals surface area contributed by atoms with Crippen LogP contribution in [0.5, 0.6) is 0 Å². The lowest BCUT2D eigenvalue weighted by Gasteiger charge is -2.40. The van der Waals surface area contributed by atoms with Gasteiger partial charge in [0.05, 0.1) is 12.2 Å². The first-order chi connectivity index (χ1) is 7.04. The van der Waals surface area contributed by atoms with Gasteiger partial charge >= 0.3 is 6.20 Å². The molecule has 1 fully saturated rings. The molecule has 0 aliphatic carbocycles. The van der Waals surface area contributed by atoms with Crippen molar-refractivity contribution in [2.75, 3.05) is 0 Å². The highest BCUT2D eigenvalue weighted by atomic mass is 16.7. The van der Waals surface area contributed by atoms with Crippen molar-refractivity contribution in [3.63, 3.8) is 0 Å². The molecule has 3 atom stereocenters. The largest absolute Gasteiger partial charge is 0.502 e. The van der Waals surface area contributed by atoms with Gasteiger partial charge in [-0.25, -0.2) is 0 Å². The summed E-state index contributed by atoms with van der Waals surface area (Å²) in [5, 5.41) is 18.1. The summed E-state index contributed by atoms with van der Waals surface area (Å²) in [4.78, 5) is 2.78. The van der Waals surface area contributed by atoms with E-state index in [1.165, 1.54) is 0 Å². The molecule has 1 saturated heterocycles. The molecule has 0 aromatic rings. The van der Waals surface area contributed by atoms with Crippen molar-refractivity contribution < 1.29 is 14.6 Å². The molecule has 5 nitrogen and oxygen atoms in total. The Morgan fingerprint density at radius 2 is 2.07 bits per heavy atom. The fourth-order valence-corrected chi connectivity index (χ4v) is 1.86. The highest BCUT2D eigenvalue weighted by Crippen LogP contribution is 2.34. The predicted octanol–water partition coefficient (Wildman–Crippen LogP) is 2.56. The van der Waals surface area contributed by atoms with Gasteiger partial charge in [-0.15, -0.1) is 0 Å². The van der Waals surface area contributed by atoms with Crippen molar-refractivity contribution >= 4 is 0 Å². The molecule has 1 rings (SSSR count). The molecular weight excluding hydrogens is 196 g/mol. The first kappa shape index (κ1) is 12.0. The van der Waals surface area contributed by atoms with E-state index in [4.69, 9.17) is 14.9 Å². The third kappa shape index (κ3) is 2.46. The number of hydrogen-bond acceptors (Lipinski definition) is 4. The van der Waals surface area contributed by atoms with Crippen LogP contribution in [0.4, 0.5) is 0 Å². The molecule has 5 heteroatoms. The Kier molecular flexibility index (Phi) is 3.66. The number of diazo groups is 1. The van der Waals surface area contributed by atoms with Gasteiger partial charge in [0.1, 0.15) is 0 Å². The SMILES string of the molecule is CCC1(/C(O)=C/[N+]#N)O[C@H](C)C[C@H](C)O1. The van der Waals surface area contributed by atoms with Gasteiger partial charge in [-0.05, 0) is 20.3 Å². The Morgan fingerprint density at radius 1 is 1.53 bits per heavy atom. The molecule has 84 valence electrons. The van der Waals surface area contributed by atoms with Gasteiger partial charge in [-0.1, -0.05) is 6.92 Å². The number of aliphatic hydroxyl groups is 1. The zero-order valence-corrected chi connectivity index (χ0v) is 9.30. The van der Waals surface area contributed by atoms with Crippen LogP contribution < -0.4 is 0 Å². The van der Waals surface area contributed by atoms with Crippen LogP contribution in [-0.4, -0.2) is 23.1 Å². The number of nitrogens with zero attached hydrogens (tertiary/aromatic N) is 2. The Morgan fingerprint density at radius 3 is 2.47 bits per heavy atom. The second-order valence-corrected chi connectivity index (χ2v) is 3.83. The van der Waals surface area contributed by atoms with Gasteiger partial charge in [-0.3, -0.25) is 0 Å². The monoisotopic (exact) mass is 213 g/mol. The summed E-state index contributed by atoms with van der Waals surface area (Å²) in [7, 11) is 0. The molecule has 1 N–H and O–H groups in total. The first-order valence-electron chi connectivity index (χ1n) is 5.13. The quantitative estimate of drug-likeness (QED) is 0.565. The van der Waals surface area contributed by atoms with Gasteiger partial charge in [0.2, 0.25) is 16.9 Å². The van der Waals surface area contributed by atoms with Crippen molar-refractivity contribution in [3.05, 3.63) is 16.9 Å². The molecule has 0 spiro atoms. The lowest BCUT2D eigenvalue weighted by molar-refractivity contribution is -0.303. The van der Waals surface area contributed by atoms with Gasteiger partial charge in [0.15, 0.2) is 4.98 Å². The first-order valence-corrected chi connectivity index (χ1v) is 5.13. The molecule has 15 heavy (non-hydrogen) atoms. The van der Waals surface area contributed by atoms with Crippen LogP contribution in [-0.2, 0) is 9.47 Å². The zero-order chi connectivity index (χ0) is 11.5. The fraction of sp³-hybridized carbons (Fsp3) is 0.800. The van der Waals surface area contributed by atoms with Crippen LogP contribution in [0.15, 0.2) is 12.0 Å². The van der Waals surface area contributed by atoms with Crippen LogP contribution in [0.25, 0.3) is 4.98 Å². The number of rotatable bonds is 2. The lowest BCUT2D eigenvalue weighted by Crippen LogP contribution is -2.48. The Labute approximate surface area is 89.3 Å². The molecule has 1 unspecified atom stereocenters. The summed E-state index contributed by atoms with van der Waals surface area (Å²) < 4.78 is 11.2. The van der Waals surface area contributed by atoms with Crippen LogP contribution in [0, 0.1) is 5.39 Å². The maximum absolute atomic E-state index is 9.72. The van der Waals surface area contributed by atoms with Crippen molar-refractivity contribution in [3.8, 4) is 0 Å². The topological polar surface area (TPSA) is 66.8 Å². The Bertz CT molecular complexity index is 286. The van der Waals surface area contributed by atoms with E-state index in [1.807, 2.05) is 20.8 Å². The lowest BCUT2D eigenvalue weighted by atomic mass is 10.1. The van der Waals surface area contributed by atoms with Crippen molar-refractivity contribution in [2.45, 2.75) is 51.6 Å². The van der Waals surface area contributed by atoms with Crippen LogP contribution in [0.3, 0.4) is 0 Å². The van der Waals surface area contributed by atoms with E-state index in [1.54, 1.807) is 0 Å². The second kappa shape index (κ2) is 4.60. The standard InChI is InChI=1S/C10H16N2O3/c1-4-10(9(13)6-12-11)14-7(2)5-8(3)15-10/h6-8H,4-5H2,1-3H3/p+1/b9-6-/t7-,8+,10?. The number of ether oxygens (including phenoxy) is 2. The van der Waals surface area contributed by atoms with E-state index < -0.39 is 5.79 Å². The summed E-state index contributed by atoms with van der Waals surface area (Å²) in [6.07, 6.45) is 2.19. The predicted molar refractivity (Wildman–Crippen MR) is 54.5 cm³/mol. The van der Waals surface area contributed by atoms with E-state index in [0.717, 1.165) is 12.6 Å². The molecular formula is C10H17N2O3+. The third-order valence-electron chi connectivity index (χ3n) is 2.48. The highest BCUT2D eigenvalue weighted by molar-refractivity contribution is 5.08. The minimum Gasteiger partial charge on any atom is -0.502 e. The maximum Gasteiger partial charge on any atom is 0.393 e. The summed E-state index contributed by atoms with van der Waals surface area (Å²) in [6.45, 7) is 5.69. The van der Waals surface area contributed by atoms with E-state index >= 15 is 0 Å². The molecule has 0 aromatic heterocycles. The summed E-state index contributed by atoms with van der Waals surface area (Å²) in [6, 6.07) is 0. The molecule has 0 saturated carbocycles. The molecule has 0 radical (unpaired) electrons. The maximum atomic E-state index is 9.72. The highest BCUT2D eigenvalue weighted by Gasteiger charge is 2.44. The molecule has 1 aliphatic heterocycles. The van der Waals surface area contributed by atoms with Crippen molar-refractivity contribution in [2.24, 2.45) is 0 Å². The van der Waals surface area contributed by atoms with Crippen molar-refractivity contribution in [1.82, 2.24) is 0 Å². The Hall–Kier alpha value is -1.12. The van der Waals surface area contributed by atoms with Crippen molar-refractivity contribution in [1.29, 1.82) is 5.39 Å². The molecule has 0 amide bonds. The minimum atomic E-state index is -1.16. The van der Waals surface area contributed by atoms with E-state index in [9.17, 15) is 5.11 Å². The summed E-state index contributed by atoms with van der Waals surface area (Å²) in [5.74, 6) is -1.37. The van der Waals surface area contributed by atoms with Gasteiger partial charge in [0.25, 0.3) is 0 Å². The molecule has 0 bridgehead atoms. The average molecular weight is 213 g/mol. The molecule has 1 heterocycles. The van der Waals surface area contributed by atoms with Crippen LogP contribution in [0.1, 0.15) is 33.6 Å². The fourth-order valence-electron chi connectivity index (χ4n) is 1.86. The molecule has 0 aromatic carbocycles. The van der Waals surface area contributed by atoms with Gasteiger partial charge in [-0.2, -0.15) is 0 Å². The third-order valence-corrected chi connectivity index (χ3v) is 2.48. The van der Waals surface area contributed by atoms with E-state index in [2.05, 4.69) is 4.98 Å². The second-order valence-electron chi connectivity index (χ2n) is 3.83. The zero-order valence-electron chi connectivity index (χ0n) is 9.30. The number of hydrogen-bond donors (Lipinski definition) is 1. The summed E-state index contributed by atoms with van der Waals surface area (Å²) in [5.41, 5.74) is 0. The average Bonchev–Trinajstić information content (AvgIpc) is 2.16. The molecule has 1 aliphatic rings. The normalized spacial score (nSPS) is 37.3. The Balaban J connectivity index is 2.93. The van der Waals surface area contributed by atoms with Gasteiger partial charge in [0, 0.05) is 6.42 Å². The smallest absolute Gasteiger partial charge is 0.393 e. The minimum absolute atomic E-state index is 0.00272.